The van der Waals surface area contributed by atoms with Gasteiger partial charge in [-0.15, -0.1) is 22.7 Å². The molecule has 0 bridgehead atoms. The van der Waals surface area contributed by atoms with E-state index in [0.29, 0.717) is 0 Å². The summed E-state index contributed by atoms with van der Waals surface area (Å²) in [5.41, 5.74) is 23.3. The van der Waals surface area contributed by atoms with E-state index >= 15 is 0 Å². The van der Waals surface area contributed by atoms with Gasteiger partial charge in [0.2, 0.25) is 0 Å². The van der Waals surface area contributed by atoms with Crippen LogP contribution in [0.15, 0.2) is 203 Å². The third kappa shape index (κ3) is 9.59. The van der Waals surface area contributed by atoms with Crippen molar-refractivity contribution in [3.05, 3.63) is 216 Å². The van der Waals surface area contributed by atoms with E-state index in [1.165, 1.54) is 128 Å². The first-order valence-corrected chi connectivity index (χ1v) is 49.5. The van der Waals surface area contributed by atoms with E-state index in [1.54, 1.807) is 0 Å². The third-order valence-corrected chi connectivity index (χ3v) is 30.9. The molecule has 0 aliphatic rings. The molecule has 0 radical (unpaired) electrons. The quantitative estimate of drug-likeness (QED) is 0.142. The smallest absolute Gasteiger partial charge is 0.161 e. The van der Waals surface area contributed by atoms with Gasteiger partial charge in [-0.3, -0.25) is 0 Å². The number of hydrogen-bond acceptors (Lipinski definition) is 4. The summed E-state index contributed by atoms with van der Waals surface area (Å²) in [6.45, 7) is 37.7. The predicted octanol–water partition coefficient (Wildman–Crippen LogP) is 23.1. The summed E-state index contributed by atoms with van der Waals surface area (Å²) in [5, 5.41) is 15.7. The number of nitrogens with zero attached hydrogens (tertiary/aromatic N) is 4. The van der Waals surface area contributed by atoms with Crippen LogP contribution in [0.25, 0.3) is 151 Å². The molecule has 12 heteroatoms. The lowest BCUT2D eigenvalue weighted by Crippen LogP contribution is -2.37. The zero-order valence-corrected chi connectivity index (χ0v) is 63.5. The minimum absolute atomic E-state index is 0.871. The van der Waals surface area contributed by atoms with Crippen LogP contribution in [0.4, 0.5) is 0 Å². The molecule has 0 atom stereocenters. The SMILES string of the molecule is Cc1ccc(-n2c3cc([Si](C)(C)C)ccc3c3oc4cc5c(cc4c32)oc2c3ccc([Si](C)(C)C)cc3n(-c3ccc(C)cc3)c52)cc1.Cc1ccc(-n2c3cc([Si](C)(C)C)ccc3c3sc4cc5c(cc4c32)sc2c3ccc([Si](C)(C)C)cc3n(-c3ccc(C)cc3)c52)cc1. The highest BCUT2D eigenvalue weighted by molar-refractivity contribution is 7.28. The number of thiophene rings is 2. The lowest BCUT2D eigenvalue weighted by Gasteiger charge is -2.17. The molecule has 0 amide bonds. The Bertz CT molecular complexity index is 5490. The van der Waals surface area contributed by atoms with Crippen molar-refractivity contribution in [2.75, 3.05) is 0 Å². The Kier molecular flexibility index (Phi) is 13.6. The molecule has 476 valence electrons. The van der Waals surface area contributed by atoms with Gasteiger partial charge in [0.05, 0.1) is 74.8 Å². The zero-order chi connectivity index (χ0) is 66.5. The number of benzene rings is 10. The average Bonchev–Trinajstić information content (AvgIpc) is 1.55. The number of furan rings is 2. The summed E-state index contributed by atoms with van der Waals surface area (Å²) in [7, 11) is -6.08. The van der Waals surface area contributed by atoms with Crippen molar-refractivity contribution in [1.82, 2.24) is 18.3 Å². The lowest BCUT2D eigenvalue weighted by molar-refractivity contribution is 0.668. The molecule has 0 aliphatic carbocycles. The zero-order valence-electron chi connectivity index (χ0n) is 57.9. The summed E-state index contributed by atoms with van der Waals surface area (Å²) in [4.78, 5) is 0. The monoisotopic (exact) mass is 1350 g/mol. The number of fused-ring (bicyclic) bond motifs is 20. The molecule has 0 spiro atoms. The van der Waals surface area contributed by atoms with E-state index in [9.17, 15) is 0 Å². The van der Waals surface area contributed by atoms with Crippen molar-refractivity contribution in [2.45, 2.75) is 106 Å². The highest BCUT2D eigenvalue weighted by Gasteiger charge is 2.30. The van der Waals surface area contributed by atoms with Crippen molar-refractivity contribution < 1.29 is 8.83 Å². The van der Waals surface area contributed by atoms with Gasteiger partial charge in [0, 0.05) is 75.2 Å². The Labute approximate surface area is 572 Å². The predicted molar refractivity (Wildman–Crippen MR) is 431 cm³/mol. The van der Waals surface area contributed by atoms with Gasteiger partial charge in [-0.05, 0) is 137 Å². The van der Waals surface area contributed by atoms with Crippen LogP contribution >= 0.6 is 22.7 Å². The number of aryl methyl sites for hydroxylation is 4. The van der Waals surface area contributed by atoms with Gasteiger partial charge in [-0.25, -0.2) is 0 Å². The maximum atomic E-state index is 6.89. The Balaban J connectivity index is 0.000000145. The summed E-state index contributed by atoms with van der Waals surface area (Å²) in [6, 6.07) is 73.8. The first kappa shape index (κ1) is 60.9. The normalized spacial score (nSPS) is 13.0. The molecule has 6 nitrogen and oxygen atoms in total. The molecular formula is C84H80N4O2S2Si4. The third-order valence-electron chi connectivity index (χ3n) is 20.4. The second-order valence-corrected chi connectivity index (χ2v) is 53.8. The molecule has 18 rings (SSSR count). The second-order valence-electron chi connectivity index (χ2n) is 31.4. The van der Waals surface area contributed by atoms with E-state index < -0.39 is 32.3 Å². The summed E-state index contributed by atoms with van der Waals surface area (Å²) in [5.74, 6) is 0. The standard InChI is InChI=1S/C42H40N2O2Si2.C42H40N2S2Si2/c2*1-25-9-13-27(14-10-25)43-35-21-29(47(3,4)5)17-19-31(35)41-39(43)33-23-38-34(24-37(33)45-41)40-42(46-38)32-20-18-30(48(6,7)8)22-36(32)44(40)28-15-11-26(2)12-16-28/h2*9-24H,1-8H3. The minimum Gasteiger partial charge on any atom is -0.454 e. The van der Waals surface area contributed by atoms with Crippen LogP contribution in [0.3, 0.4) is 0 Å². The van der Waals surface area contributed by atoms with Crippen LogP contribution in [0, 0.1) is 27.7 Å². The lowest BCUT2D eigenvalue weighted by atomic mass is 10.1. The number of rotatable bonds is 8. The molecular weight excluding hydrogens is 1270 g/mol. The molecule has 0 saturated carbocycles. The molecule has 18 aromatic rings. The highest BCUT2D eigenvalue weighted by atomic mass is 32.1. The van der Waals surface area contributed by atoms with Gasteiger partial charge < -0.3 is 27.1 Å². The molecule has 8 heterocycles. The Morgan fingerprint density at radius 2 is 0.521 bits per heavy atom. The topological polar surface area (TPSA) is 46.0 Å². The van der Waals surface area contributed by atoms with Crippen molar-refractivity contribution in [2.24, 2.45) is 0 Å². The van der Waals surface area contributed by atoms with Crippen LogP contribution in [0.2, 0.25) is 78.6 Å². The van der Waals surface area contributed by atoms with Crippen LogP contribution in [-0.2, 0) is 0 Å². The Morgan fingerprint density at radius 3 is 0.802 bits per heavy atom. The Hall–Kier alpha value is -8.73. The largest absolute Gasteiger partial charge is 0.454 e. The second kappa shape index (κ2) is 21.4. The van der Waals surface area contributed by atoms with Crippen molar-refractivity contribution in [1.29, 1.82) is 0 Å². The van der Waals surface area contributed by atoms with Crippen molar-refractivity contribution in [3.63, 3.8) is 0 Å². The van der Waals surface area contributed by atoms with E-state index in [2.05, 4.69) is 319 Å². The highest BCUT2D eigenvalue weighted by Crippen LogP contribution is 2.50. The fourth-order valence-electron chi connectivity index (χ4n) is 14.8. The van der Waals surface area contributed by atoms with Crippen LogP contribution < -0.4 is 20.7 Å². The van der Waals surface area contributed by atoms with Gasteiger partial charge >= 0.3 is 0 Å². The van der Waals surface area contributed by atoms with Gasteiger partial charge in [0.25, 0.3) is 0 Å². The molecule has 0 aliphatic heterocycles. The van der Waals surface area contributed by atoms with E-state index in [1.807, 2.05) is 22.7 Å². The van der Waals surface area contributed by atoms with Crippen molar-refractivity contribution in [3.8, 4) is 22.7 Å². The van der Waals surface area contributed by atoms with Crippen molar-refractivity contribution >= 4 is 204 Å². The van der Waals surface area contributed by atoms with Gasteiger partial charge in [0.15, 0.2) is 11.2 Å². The van der Waals surface area contributed by atoms with E-state index in [4.69, 9.17) is 8.83 Å². The first-order chi connectivity index (χ1) is 45.7. The fraction of sp³-hybridized carbons (Fsp3) is 0.190. The summed E-state index contributed by atoms with van der Waals surface area (Å²) < 4.78 is 29.1. The fourth-order valence-corrected chi connectivity index (χ4v) is 21.9. The molecule has 0 N–H and O–H groups in total. The molecule has 0 saturated heterocycles. The van der Waals surface area contributed by atoms with E-state index in [0.717, 1.165) is 66.3 Å². The first-order valence-electron chi connectivity index (χ1n) is 33.9. The van der Waals surface area contributed by atoms with Gasteiger partial charge in [-0.1, -0.05) is 206 Å². The number of hydrogen-bond donors (Lipinski definition) is 0. The molecule has 8 aromatic heterocycles. The maximum absolute atomic E-state index is 6.89. The average molecular weight is 1350 g/mol. The number of aromatic nitrogens is 4. The molecule has 96 heavy (non-hydrogen) atoms. The van der Waals surface area contributed by atoms with Crippen LogP contribution in [-0.4, -0.2) is 50.6 Å². The minimum atomic E-state index is -1.55. The molecule has 0 fully saturated rings. The maximum Gasteiger partial charge on any atom is 0.161 e. The summed E-state index contributed by atoms with van der Waals surface area (Å²) in [6.07, 6.45) is 0. The Morgan fingerprint density at radius 1 is 0.260 bits per heavy atom. The van der Waals surface area contributed by atoms with E-state index in [-0.39, 0.29) is 0 Å². The van der Waals surface area contributed by atoms with Crippen LogP contribution in [0.5, 0.6) is 0 Å². The summed E-state index contributed by atoms with van der Waals surface area (Å²) >= 11 is 3.92. The molecule has 0 unspecified atom stereocenters. The van der Waals surface area contributed by atoms with Gasteiger partial charge in [0.1, 0.15) is 22.2 Å². The van der Waals surface area contributed by atoms with Crippen LogP contribution in [0.1, 0.15) is 22.3 Å². The molecule has 10 aromatic carbocycles. The van der Waals surface area contributed by atoms with Gasteiger partial charge in [-0.2, -0.15) is 0 Å².